The summed E-state index contributed by atoms with van der Waals surface area (Å²) in [6.45, 7) is 2.80. The number of amides is 2. The number of nitrogens with zero attached hydrogens (tertiary/aromatic N) is 1. The first kappa shape index (κ1) is 9.98. The van der Waals surface area contributed by atoms with E-state index < -0.39 is 11.9 Å². The maximum absolute atomic E-state index is 11.4. The predicted octanol–water partition coefficient (Wildman–Crippen LogP) is -1.33. The van der Waals surface area contributed by atoms with Crippen molar-refractivity contribution in [1.29, 1.82) is 0 Å². The van der Waals surface area contributed by atoms with E-state index in [4.69, 9.17) is 11.5 Å². The van der Waals surface area contributed by atoms with Gasteiger partial charge in [0.25, 0.3) is 0 Å². The topological polar surface area (TPSA) is 89.4 Å². The zero-order valence-corrected chi connectivity index (χ0v) is 7.69. The number of likely N-dealkylation sites (tertiary alicyclic amines) is 1. The highest BCUT2D eigenvalue weighted by molar-refractivity contribution is 5.83. The fourth-order valence-corrected chi connectivity index (χ4v) is 1.40. The molecule has 5 heteroatoms. The molecule has 0 radical (unpaired) electrons. The molecule has 1 saturated heterocycles. The van der Waals surface area contributed by atoms with Crippen LogP contribution in [0.25, 0.3) is 0 Å². The highest BCUT2D eigenvalue weighted by Crippen LogP contribution is 2.16. The second-order valence-electron chi connectivity index (χ2n) is 3.48. The van der Waals surface area contributed by atoms with E-state index in [-0.39, 0.29) is 18.4 Å². The minimum atomic E-state index is -0.741. The van der Waals surface area contributed by atoms with Crippen LogP contribution in [0.4, 0.5) is 0 Å². The number of hydrogen-bond donors (Lipinski definition) is 2. The Morgan fingerprint density at radius 2 is 2.38 bits per heavy atom. The first-order chi connectivity index (χ1) is 6.02. The average molecular weight is 185 g/mol. The fraction of sp³-hybridized carbons (Fsp3) is 0.750. The first-order valence-electron chi connectivity index (χ1n) is 4.36. The highest BCUT2D eigenvalue weighted by Gasteiger charge is 2.29. The Bertz CT molecular complexity index is 229. The van der Waals surface area contributed by atoms with Crippen molar-refractivity contribution in [3.05, 3.63) is 0 Å². The van der Waals surface area contributed by atoms with Crippen molar-refractivity contribution in [3.63, 3.8) is 0 Å². The predicted molar refractivity (Wildman–Crippen MR) is 47.5 cm³/mol. The maximum Gasteiger partial charge on any atom is 0.236 e. The third-order valence-corrected chi connectivity index (χ3v) is 2.35. The molecule has 0 saturated carbocycles. The van der Waals surface area contributed by atoms with E-state index in [0.717, 1.165) is 6.42 Å². The number of carbonyl (C=O) groups excluding carboxylic acids is 2. The first-order valence-corrected chi connectivity index (χ1v) is 4.36. The summed E-state index contributed by atoms with van der Waals surface area (Å²) in [5.41, 5.74) is 10.4. The van der Waals surface area contributed by atoms with Crippen LogP contribution in [-0.2, 0) is 9.59 Å². The van der Waals surface area contributed by atoms with Gasteiger partial charge in [-0.05, 0) is 6.42 Å². The molecule has 4 N–H and O–H groups in total. The van der Waals surface area contributed by atoms with Crippen LogP contribution < -0.4 is 11.5 Å². The third-order valence-electron chi connectivity index (χ3n) is 2.35. The SMILES string of the molecule is CC1CCN(CC(N)C(N)=O)C1=O. The van der Waals surface area contributed by atoms with Gasteiger partial charge >= 0.3 is 0 Å². The second kappa shape index (κ2) is 3.74. The fourth-order valence-electron chi connectivity index (χ4n) is 1.40. The van der Waals surface area contributed by atoms with Crippen molar-refractivity contribution < 1.29 is 9.59 Å². The number of primary amides is 1. The summed E-state index contributed by atoms with van der Waals surface area (Å²) in [6.07, 6.45) is 0.838. The molecule has 1 heterocycles. The molecule has 74 valence electrons. The van der Waals surface area contributed by atoms with Gasteiger partial charge in [-0.15, -0.1) is 0 Å². The molecule has 1 aliphatic rings. The monoisotopic (exact) mass is 185 g/mol. The zero-order chi connectivity index (χ0) is 10.0. The van der Waals surface area contributed by atoms with Crippen LogP contribution in [0.15, 0.2) is 0 Å². The van der Waals surface area contributed by atoms with Crippen molar-refractivity contribution in [2.45, 2.75) is 19.4 Å². The number of nitrogens with two attached hydrogens (primary N) is 2. The molecule has 1 rings (SSSR count). The van der Waals surface area contributed by atoms with Gasteiger partial charge in [-0.3, -0.25) is 9.59 Å². The highest BCUT2D eigenvalue weighted by atomic mass is 16.2. The summed E-state index contributed by atoms with van der Waals surface area (Å²) in [4.78, 5) is 23.6. The van der Waals surface area contributed by atoms with Gasteiger partial charge in [-0.1, -0.05) is 6.92 Å². The molecule has 0 aromatic carbocycles. The summed E-state index contributed by atoms with van der Waals surface area (Å²) in [5.74, 6) is -0.441. The van der Waals surface area contributed by atoms with Crippen LogP contribution >= 0.6 is 0 Å². The van der Waals surface area contributed by atoms with Crippen LogP contribution in [-0.4, -0.2) is 35.8 Å². The van der Waals surface area contributed by atoms with Gasteiger partial charge in [0.15, 0.2) is 0 Å². The molecular weight excluding hydrogens is 170 g/mol. The Kier molecular flexibility index (Phi) is 2.87. The molecule has 2 amide bonds. The van der Waals surface area contributed by atoms with Gasteiger partial charge in [0.2, 0.25) is 11.8 Å². The molecule has 13 heavy (non-hydrogen) atoms. The molecule has 1 aliphatic heterocycles. The van der Waals surface area contributed by atoms with Crippen molar-refractivity contribution in [3.8, 4) is 0 Å². The van der Waals surface area contributed by atoms with Crippen molar-refractivity contribution in [1.82, 2.24) is 4.90 Å². The normalized spacial score (nSPS) is 24.9. The number of hydrogen-bond acceptors (Lipinski definition) is 3. The van der Waals surface area contributed by atoms with Crippen LogP contribution in [0, 0.1) is 5.92 Å². The Balaban J connectivity index is 2.47. The lowest BCUT2D eigenvalue weighted by molar-refractivity contribution is -0.131. The Labute approximate surface area is 77.1 Å². The average Bonchev–Trinajstić information content (AvgIpc) is 2.36. The number of carbonyl (C=O) groups is 2. The largest absolute Gasteiger partial charge is 0.368 e. The number of rotatable bonds is 3. The van der Waals surface area contributed by atoms with E-state index in [1.165, 1.54) is 0 Å². The van der Waals surface area contributed by atoms with Crippen LogP contribution in [0.5, 0.6) is 0 Å². The molecule has 5 nitrogen and oxygen atoms in total. The van der Waals surface area contributed by atoms with Gasteiger partial charge in [0.05, 0.1) is 0 Å². The molecule has 0 aromatic heterocycles. The smallest absolute Gasteiger partial charge is 0.236 e. The van der Waals surface area contributed by atoms with E-state index in [9.17, 15) is 9.59 Å². The molecule has 0 aliphatic carbocycles. The lowest BCUT2D eigenvalue weighted by Crippen LogP contribution is -2.46. The summed E-state index contributed by atoms with van der Waals surface area (Å²) in [5, 5.41) is 0. The molecule has 0 aromatic rings. The quantitative estimate of drug-likeness (QED) is 0.570. The van der Waals surface area contributed by atoms with Crippen molar-refractivity contribution in [2.24, 2.45) is 17.4 Å². The van der Waals surface area contributed by atoms with E-state index in [1.807, 2.05) is 6.92 Å². The lowest BCUT2D eigenvalue weighted by atomic mass is 10.1. The minimum absolute atomic E-state index is 0.0556. The maximum atomic E-state index is 11.4. The Hall–Kier alpha value is -1.10. The molecule has 2 atom stereocenters. The van der Waals surface area contributed by atoms with Crippen molar-refractivity contribution >= 4 is 11.8 Å². The Morgan fingerprint density at radius 1 is 1.77 bits per heavy atom. The van der Waals surface area contributed by atoms with E-state index in [2.05, 4.69) is 0 Å². The van der Waals surface area contributed by atoms with Crippen molar-refractivity contribution in [2.75, 3.05) is 13.1 Å². The standard InChI is InChI=1S/C8H15N3O2/c1-5-2-3-11(8(5)13)4-6(9)7(10)12/h5-6H,2-4,9H2,1H3,(H2,10,12). The van der Waals surface area contributed by atoms with Crippen LogP contribution in [0.1, 0.15) is 13.3 Å². The van der Waals surface area contributed by atoms with Crippen LogP contribution in [0.2, 0.25) is 0 Å². The molecule has 2 unspecified atom stereocenters. The second-order valence-corrected chi connectivity index (χ2v) is 3.48. The zero-order valence-electron chi connectivity index (χ0n) is 7.69. The summed E-state index contributed by atoms with van der Waals surface area (Å²) >= 11 is 0. The van der Waals surface area contributed by atoms with Gasteiger partial charge in [-0.25, -0.2) is 0 Å². The molecule has 0 spiro atoms. The summed E-state index contributed by atoms with van der Waals surface area (Å²) in [6, 6.07) is -0.741. The molecule has 0 bridgehead atoms. The lowest BCUT2D eigenvalue weighted by Gasteiger charge is -2.18. The Morgan fingerprint density at radius 3 is 2.77 bits per heavy atom. The third kappa shape index (κ3) is 2.18. The molecular formula is C8H15N3O2. The van der Waals surface area contributed by atoms with E-state index >= 15 is 0 Å². The molecule has 1 fully saturated rings. The van der Waals surface area contributed by atoms with Gasteiger partial charge in [0, 0.05) is 19.0 Å². The van der Waals surface area contributed by atoms with Gasteiger partial charge in [-0.2, -0.15) is 0 Å². The minimum Gasteiger partial charge on any atom is -0.368 e. The van der Waals surface area contributed by atoms with E-state index in [1.54, 1.807) is 4.90 Å². The van der Waals surface area contributed by atoms with E-state index in [0.29, 0.717) is 6.54 Å². The van der Waals surface area contributed by atoms with Gasteiger partial charge in [0.1, 0.15) is 6.04 Å². The summed E-state index contributed by atoms with van der Waals surface area (Å²) in [7, 11) is 0. The van der Waals surface area contributed by atoms with Crippen LogP contribution in [0.3, 0.4) is 0 Å². The summed E-state index contributed by atoms with van der Waals surface area (Å²) < 4.78 is 0. The van der Waals surface area contributed by atoms with Gasteiger partial charge < -0.3 is 16.4 Å².